The number of amides is 1. The van der Waals surface area contributed by atoms with Crippen LogP contribution < -0.4 is 5.32 Å². The Kier molecular flexibility index (Phi) is 47.4. The molecule has 0 spiro atoms. The molecule has 17 unspecified atom stereocenters. The van der Waals surface area contributed by atoms with Crippen molar-refractivity contribution in [1.82, 2.24) is 5.32 Å². The van der Waals surface area contributed by atoms with Crippen LogP contribution in [0.4, 0.5) is 0 Å². The molecule has 0 aromatic rings. The molecule has 0 bridgehead atoms. The second kappa shape index (κ2) is 52.1. The Hall–Kier alpha value is -2.25. The zero-order valence-electron chi connectivity index (χ0n) is 54.9. The summed E-state index contributed by atoms with van der Waals surface area (Å²) < 4.78 is 34.3. The third-order valence-electron chi connectivity index (χ3n) is 17.6. The molecule has 17 atom stereocenters. The maximum atomic E-state index is 13.4. The van der Waals surface area contributed by atoms with Gasteiger partial charge in [0.15, 0.2) is 18.9 Å². The SMILES string of the molecule is CCCCCCCC/C=C\CCCCCCCC(=O)NC(COC1OC(CO)C(OC2OC(CO)C(OC3OC(CO)C(O)C(O)C3O)C(O)C2O)C(O)C1O)C(O)/C=C/CC/C=C/CC/C=C/CCCCCCCCCCCCCCCCCCCCC. The molecular formula is C70H127NO18. The zero-order valence-corrected chi connectivity index (χ0v) is 54.9. The van der Waals surface area contributed by atoms with Gasteiger partial charge in [-0.25, -0.2) is 0 Å². The van der Waals surface area contributed by atoms with Crippen LogP contribution in [-0.2, 0) is 33.2 Å². The summed E-state index contributed by atoms with van der Waals surface area (Å²) in [6, 6.07) is -1.00. The summed E-state index contributed by atoms with van der Waals surface area (Å²) in [6.07, 6.45) is 35.4. The molecule has 0 aromatic carbocycles. The molecule has 89 heavy (non-hydrogen) atoms. The maximum Gasteiger partial charge on any atom is 0.220 e. The minimum Gasteiger partial charge on any atom is -0.394 e. The van der Waals surface area contributed by atoms with E-state index in [0.29, 0.717) is 12.8 Å². The highest BCUT2D eigenvalue weighted by atomic mass is 16.8. The summed E-state index contributed by atoms with van der Waals surface area (Å²) in [6.45, 7) is 1.70. The minimum atomic E-state index is -1.98. The molecule has 3 rings (SSSR count). The van der Waals surface area contributed by atoms with Crippen LogP contribution >= 0.6 is 0 Å². The van der Waals surface area contributed by atoms with Crippen molar-refractivity contribution in [1.29, 1.82) is 0 Å². The van der Waals surface area contributed by atoms with Crippen molar-refractivity contribution in [2.24, 2.45) is 0 Å². The van der Waals surface area contributed by atoms with E-state index in [-0.39, 0.29) is 18.9 Å². The van der Waals surface area contributed by atoms with Crippen LogP contribution in [0, 0.1) is 0 Å². The standard InChI is InChI=1S/C70H127NO18/c1-3-5-7-9-11-13-15-17-19-20-21-22-23-24-25-26-27-28-29-30-31-32-34-35-37-39-41-43-45-47-54(75)53(71-58(76)48-46-44-42-40-38-36-33-18-16-14-12-10-8-6-4-2)52-84-68-64(82)61(79)66(56(50-73)86-68)89-70-65(83)62(80)67(57(51-74)87-70)88-69-63(81)60(78)59(77)55(49-72)85-69/h18,31-33,37,39,45,47,53-57,59-70,72-75,77-83H,3-17,19-30,34-36,38,40-44,46,48-52H2,1-2H3,(H,71,76)/b32-31+,33-18-,39-37+,47-45+. The van der Waals surface area contributed by atoms with Crippen LogP contribution in [-0.4, -0.2) is 193 Å². The van der Waals surface area contributed by atoms with E-state index in [4.69, 9.17) is 28.4 Å². The molecule has 0 aromatic heterocycles. The molecule has 3 heterocycles. The van der Waals surface area contributed by atoms with Gasteiger partial charge in [-0.1, -0.05) is 229 Å². The molecular weight excluding hydrogens is 1140 g/mol. The number of allylic oxidation sites excluding steroid dienone is 7. The number of aliphatic hydroxyl groups excluding tert-OH is 11. The van der Waals surface area contributed by atoms with Crippen LogP contribution in [0.5, 0.6) is 0 Å². The second-order valence-electron chi connectivity index (χ2n) is 25.3. The lowest BCUT2D eigenvalue weighted by atomic mass is 9.96. The quantitative estimate of drug-likeness (QED) is 0.0199. The number of aliphatic hydroxyl groups is 11. The molecule has 1 amide bonds. The number of unbranched alkanes of at least 4 members (excludes halogenated alkanes) is 32. The zero-order chi connectivity index (χ0) is 64.7. The summed E-state index contributed by atoms with van der Waals surface area (Å²) in [4.78, 5) is 13.4. The van der Waals surface area contributed by atoms with Gasteiger partial charge in [-0.15, -0.1) is 0 Å². The topological polar surface area (TPSA) is 307 Å². The lowest BCUT2D eigenvalue weighted by molar-refractivity contribution is -0.379. The normalized spacial score (nSPS) is 28.5. The number of carbonyl (C=O) groups excluding carboxylic acids is 1. The van der Waals surface area contributed by atoms with Crippen LogP contribution in [0.25, 0.3) is 0 Å². The van der Waals surface area contributed by atoms with E-state index in [1.165, 1.54) is 161 Å². The monoisotopic (exact) mass is 1270 g/mol. The Morgan fingerprint density at radius 2 is 0.719 bits per heavy atom. The third-order valence-corrected chi connectivity index (χ3v) is 17.6. The number of ether oxygens (including phenoxy) is 6. The fraction of sp³-hybridized carbons (Fsp3) is 0.871. The van der Waals surface area contributed by atoms with Crippen LogP contribution in [0.15, 0.2) is 48.6 Å². The summed E-state index contributed by atoms with van der Waals surface area (Å²) >= 11 is 0. The molecule has 19 nitrogen and oxygen atoms in total. The van der Waals surface area contributed by atoms with Crippen LogP contribution in [0.3, 0.4) is 0 Å². The van der Waals surface area contributed by atoms with Gasteiger partial charge in [0.25, 0.3) is 0 Å². The van der Waals surface area contributed by atoms with Crippen molar-refractivity contribution in [3.63, 3.8) is 0 Å². The van der Waals surface area contributed by atoms with Gasteiger partial charge in [-0.2, -0.15) is 0 Å². The van der Waals surface area contributed by atoms with Gasteiger partial charge < -0.3 is 89.9 Å². The Morgan fingerprint density at radius 1 is 0.393 bits per heavy atom. The van der Waals surface area contributed by atoms with Crippen molar-refractivity contribution in [2.75, 3.05) is 26.4 Å². The Bertz CT molecular complexity index is 1800. The molecule has 0 aliphatic carbocycles. The number of rotatable bonds is 54. The highest BCUT2D eigenvalue weighted by Crippen LogP contribution is 2.33. The van der Waals surface area contributed by atoms with E-state index in [2.05, 4.69) is 55.6 Å². The lowest BCUT2D eigenvalue weighted by Crippen LogP contribution is -2.66. The fourth-order valence-corrected chi connectivity index (χ4v) is 11.8. The highest BCUT2D eigenvalue weighted by Gasteiger charge is 2.53. The Labute approximate surface area is 535 Å². The predicted molar refractivity (Wildman–Crippen MR) is 346 cm³/mol. The lowest BCUT2D eigenvalue weighted by Gasteiger charge is -2.48. The number of hydrogen-bond donors (Lipinski definition) is 12. The molecule has 3 fully saturated rings. The van der Waals surface area contributed by atoms with Crippen molar-refractivity contribution in [2.45, 2.75) is 362 Å². The molecule has 3 saturated heterocycles. The van der Waals surface area contributed by atoms with E-state index in [0.717, 1.165) is 64.2 Å². The first-order chi connectivity index (χ1) is 43.3. The van der Waals surface area contributed by atoms with Crippen molar-refractivity contribution in [3.8, 4) is 0 Å². The number of nitrogens with one attached hydrogen (secondary N) is 1. The first-order valence-corrected chi connectivity index (χ1v) is 35.4. The van der Waals surface area contributed by atoms with E-state index >= 15 is 0 Å². The van der Waals surface area contributed by atoms with E-state index in [1.54, 1.807) is 6.08 Å². The van der Waals surface area contributed by atoms with E-state index in [9.17, 15) is 61.0 Å². The maximum absolute atomic E-state index is 13.4. The van der Waals surface area contributed by atoms with Crippen molar-refractivity contribution < 1.29 is 89.4 Å². The smallest absolute Gasteiger partial charge is 0.220 e. The molecule has 0 radical (unpaired) electrons. The largest absolute Gasteiger partial charge is 0.394 e. The summed E-state index contributed by atoms with van der Waals surface area (Å²) in [5.74, 6) is -0.298. The first-order valence-electron chi connectivity index (χ1n) is 35.4. The summed E-state index contributed by atoms with van der Waals surface area (Å²) in [5.41, 5.74) is 0. The molecule has 0 saturated carbocycles. The molecule has 520 valence electrons. The predicted octanol–water partition coefficient (Wildman–Crippen LogP) is 9.39. The molecule has 12 N–H and O–H groups in total. The number of hydrogen-bond acceptors (Lipinski definition) is 18. The van der Waals surface area contributed by atoms with Crippen LogP contribution in [0.2, 0.25) is 0 Å². The van der Waals surface area contributed by atoms with Crippen molar-refractivity contribution in [3.05, 3.63) is 48.6 Å². The second-order valence-corrected chi connectivity index (χ2v) is 25.3. The number of carbonyl (C=O) groups is 1. The van der Waals surface area contributed by atoms with Gasteiger partial charge in [-0.05, 0) is 70.6 Å². The molecule has 19 heteroatoms. The molecule has 3 aliphatic heterocycles. The third kappa shape index (κ3) is 34.1. The van der Waals surface area contributed by atoms with Gasteiger partial charge in [-0.3, -0.25) is 4.79 Å². The van der Waals surface area contributed by atoms with Gasteiger partial charge >= 0.3 is 0 Å². The average molecular weight is 1270 g/mol. The minimum absolute atomic E-state index is 0.221. The summed E-state index contributed by atoms with van der Waals surface area (Å²) in [7, 11) is 0. The van der Waals surface area contributed by atoms with Gasteiger partial charge in [0.2, 0.25) is 5.91 Å². The first kappa shape index (κ1) is 81.0. The average Bonchev–Trinajstić information content (AvgIpc) is 1.97. The van der Waals surface area contributed by atoms with Crippen LogP contribution in [0.1, 0.15) is 258 Å². The highest BCUT2D eigenvalue weighted by molar-refractivity contribution is 5.76. The van der Waals surface area contributed by atoms with Crippen molar-refractivity contribution >= 4 is 5.91 Å². The Balaban J connectivity index is 1.43. The van der Waals surface area contributed by atoms with Gasteiger partial charge in [0.1, 0.15) is 73.2 Å². The van der Waals surface area contributed by atoms with Gasteiger partial charge in [0.05, 0.1) is 38.6 Å². The van der Waals surface area contributed by atoms with Gasteiger partial charge in [0, 0.05) is 6.42 Å². The Morgan fingerprint density at radius 3 is 1.12 bits per heavy atom. The van der Waals surface area contributed by atoms with E-state index < -0.39 is 124 Å². The van der Waals surface area contributed by atoms with E-state index in [1.807, 2.05) is 6.08 Å². The fourth-order valence-electron chi connectivity index (χ4n) is 11.8. The molecule has 3 aliphatic rings. The summed E-state index contributed by atoms with van der Waals surface area (Å²) in [5, 5.41) is 120.